The van der Waals surface area contributed by atoms with Crippen LogP contribution in [0.2, 0.25) is 0 Å². The van der Waals surface area contributed by atoms with E-state index in [1.807, 2.05) is 6.07 Å². The number of benzene rings is 2. The number of hydrogen-bond acceptors (Lipinski definition) is 4. The zero-order valence-corrected chi connectivity index (χ0v) is 30.9. The highest BCUT2D eigenvalue weighted by Crippen LogP contribution is 2.75. The molecule has 0 radical (unpaired) electrons. The Kier molecular flexibility index (Phi) is 8.57. The Morgan fingerprint density at radius 1 is 0.771 bits per heavy atom. The minimum absolute atomic E-state index is 0.0860. The van der Waals surface area contributed by atoms with Gasteiger partial charge >= 0.3 is 0 Å². The molecular weight excluding hydrogens is 590 g/mol. The van der Waals surface area contributed by atoms with Crippen LogP contribution in [-0.4, -0.2) is 29.0 Å². The van der Waals surface area contributed by atoms with Crippen molar-refractivity contribution in [2.75, 3.05) is 11.9 Å². The van der Waals surface area contributed by atoms with E-state index >= 15 is 0 Å². The van der Waals surface area contributed by atoms with Crippen LogP contribution in [0, 0.1) is 50.2 Å². The molecule has 4 saturated carbocycles. The lowest BCUT2D eigenvalue weighted by Crippen LogP contribution is -2.66. The third-order valence-electron chi connectivity index (χ3n) is 15.9. The van der Waals surface area contributed by atoms with Gasteiger partial charge in [-0.1, -0.05) is 103 Å². The van der Waals surface area contributed by atoms with Crippen LogP contribution in [0.3, 0.4) is 0 Å². The van der Waals surface area contributed by atoms with Gasteiger partial charge in [-0.3, -0.25) is 0 Å². The summed E-state index contributed by atoms with van der Waals surface area (Å²) in [7, 11) is 0. The van der Waals surface area contributed by atoms with Crippen LogP contribution >= 0.6 is 0 Å². The average Bonchev–Trinajstić information content (AvgIpc) is 3.06. The molecule has 10 atom stereocenters. The summed E-state index contributed by atoms with van der Waals surface area (Å²) < 4.78 is 7.03. The molecule has 0 amide bonds. The van der Waals surface area contributed by atoms with Crippen LogP contribution in [0.15, 0.2) is 66.2 Å². The molecule has 4 fully saturated rings. The molecule has 4 heteroatoms. The van der Waals surface area contributed by atoms with Gasteiger partial charge in [-0.2, -0.15) is 0 Å². The summed E-state index contributed by atoms with van der Waals surface area (Å²) in [5.74, 6) is 1.48. The van der Waals surface area contributed by atoms with E-state index < -0.39 is 11.5 Å². The van der Waals surface area contributed by atoms with E-state index in [9.17, 15) is 10.2 Å². The molecule has 0 aliphatic heterocycles. The lowest BCUT2D eigenvalue weighted by molar-refractivity contribution is -0.220. The Bertz CT molecular complexity index is 1500. The maximum absolute atomic E-state index is 11.1. The standard InChI is InChI=1S/C44H63NO3/c1-39(2)25-34-33-17-18-36-41(4)21-20-37(47)42(5,29-46)35(41)19-22-44(36,7)43(33,6)24-23-40(34,3)38(26-39)48-28-31-15-13-30(14-16-31)27-45-32-11-9-8-10-12-32/h8-17,34-38,45-47H,18-29H2,1-7H3/t34-,35+,36+,37-,38+,40+,41-,42+,43+,44+/m0/s1. The third-order valence-corrected chi connectivity index (χ3v) is 15.9. The fourth-order valence-corrected chi connectivity index (χ4v) is 12.6. The molecule has 0 heterocycles. The molecule has 7 rings (SSSR count). The highest BCUT2D eigenvalue weighted by molar-refractivity contribution is 5.43. The van der Waals surface area contributed by atoms with Gasteiger partial charge in [0.05, 0.1) is 25.4 Å². The van der Waals surface area contributed by atoms with Crippen molar-refractivity contribution in [1.82, 2.24) is 0 Å². The topological polar surface area (TPSA) is 61.7 Å². The zero-order chi connectivity index (χ0) is 34.2. The van der Waals surface area contributed by atoms with Gasteiger partial charge in [-0.15, -0.1) is 0 Å². The number of ether oxygens (including phenoxy) is 1. The number of hydrogen-bond donors (Lipinski definition) is 3. The van der Waals surface area contributed by atoms with Crippen molar-refractivity contribution in [2.24, 2.45) is 50.2 Å². The van der Waals surface area contributed by atoms with Crippen LogP contribution in [0.25, 0.3) is 0 Å². The molecule has 3 N–H and O–H groups in total. The molecular formula is C44H63NO3. The van der Waals surface area contributed by atoms with Crippen LogP contribution in [0.1, 0.15) is 117 Å². The maximum atomic E-state index is 11.1. The fourth-order valence-electron chi connectivity index (χ4n) is 12.6. The van der Waals surface area contributed by atoms with Crippen molar-refractivity contribution >= 4 is 5.69 Å². The first-order valence-electron chi connectivity index (χ1n) is 19.2. The van der Waals surface area contributed by atoms with Gasteiger partial charge in [0.15, 0.2) is 0 Å². The number of aliphatic hydroxyl groups excluding tert-OH is 2. The second kappa shape index (κ2) is 12.0. The highest BCUT2D eigenvalue weighted by Gasteiger charge is 2.69. The summed E-state index contributed by atoms with van der Waals surface area (Å²) in [4.78, 5) is 0. The number of rotatable bonds is 7. The van der Waals surface area contributed by atoms with E-state index in [1.165, 1.54) is 36.8 Å². The molecule has 4 nitrogen and oxygen atoms in total. The van der Waals surface area contributed by atoms with Crippen molar-refractivity contribution in [2.45, 2.75) is 132 Å². The van der Waals surface area contributed by atoms with Gasteiger partial charge in [0.1, 0.15) is 0 Å². The molecule has 0 unspecified atom stereocenters. The van der Waals surface area contributed by atoms with Gasteiger partial charge in [0, 0.05) is 23.1 Å². The molecule has 0 bridgehead atoms. The van der Waals surface area contributed by atoms with Gasteiger partial charge in [0.25, 0.3) is 0 Å². The Hall–Kier alpha value is -2.14. The lowest BCUT2D eigenvalue weighted by Gasteiger charge is -2.71. The lowest BCUT2D eigenvalue weighted by atomic mass is 9.33. The minimum atomic E-state index is -0.401. The molecule has 5 aliphatic carbocycles. The first-order valence-corrected chi connectivity index (χ1v) is 19.2. The second-order valence-electron chi connectivity index (χ2n) is 19.0. The highest BCUT2D eigenvalue weighted by atomic mass is 16.5. The normalized spacial score (nSPS) is 43.2. The largest absolute Gasteiger partial charge is 0.396 e. The molecule has 5 aliphatic rings. The summed E-state index contributed by atoms with van der Waals surface area (Å²) in [6, 6.07) is 19.4. The predicted octanol–water partition coefficient (Wildman–Crippen LogP) is 9.95. The van der Waals surface area contributed by atoms with Gasteiger partial charge < -0.3 is 20.3 Å². The summed E-state index contributed by atoms with van der Waals surface area (Å²) in [6.45, 7) is 19.1. The molecule has 0 spiro atoms. The monoisotopic (exact) mass is 653 g/mol. The van der Waals surface area contributed by atoms with Crippen LogP contribution < -0.4 is 5.32 Å². The van der Waals surface area contributed by atoms with Crippen molar-refractivity contribution in [3.05, 3.63) is 77.4 Å². The van der Waals surface area contributed by atoms with Gasteiger partial charge in [0.2, 0.25) is 0 Å². The van der Waals surface area contributed by atoms with Crippen LogP contribution in [-0.2, 0) is 17.9 Å². The molecule has 0 saturated heterocycles. The van der Waals surface area contributed by atoms with E-state index in [0.29, 0.717) is 24.4 Å². The van der Waals surface area contributed by atoms with Gasteiger partial charge in [-0.25, -0.2) is 0 Å². The number of allylic oxidation sites excluding steroid dienone is 2. The maximum Gasteiger partial charge on any atom is 0.0720 e. The zero-order valence-electron chi connectivity index (χ0n) is 30.9. The smallest absolute Gasteiger partial charge is 0.0720 e. The molecule has 0 aromatic heterocycles. The Morgan fingerprint density at radius 3 is 2.19 bits per heavy atom. The van der Waals surface area contributed by atoms with E-state index in [1.54, 1.807) is 5.57 Å². The molecule has 2 aromatic rings. The predicted molar refractivity (Wildman–Crippen MR) is 196 cm³/mol. The second-order valence-corrected chi connectivity index (χ2v) is 19.0. The van der Waals surface area contributed by atoms with Crippen molar-refractivity contribution in [3.63, 3.8) is 0 Å². The van der Waals surface area contributed by atoms with E-state index in [2.05, 4.69) is 108 Å². The Labute approximate surface area is 291 Å². The molecule has 48 heavy (non-hydrogen) atoms. The molecule has 2 aromatic carbocycles. The first-order chi connectivity index (χ1) is 22.7. The van der Waals surface area contributed by atoms with Crippen LogP contribution in [0.4, 0.5) is 5.69 Å². The van der Waals surface area contributed by atoms with Crippen molar-refractivity contribution < 1.29 is 14.9 Å². The Morgan fingerprint density at radius 2 is 1.48 bits per heavy atom. The summed E-state index contributed by atoms with van der Waals surface area (Å²) >= 11 is 0. The Balaban J connectivity index is 1.11. The number of anilines is 1. The van der Waals surface area contributed by atoms with Crippen molar-refractivity contribution in [1.29, 1.82) is 0 Å². The SMILES string of the molecule is CC1(C)C[C@@H](OCc2ccc(CNc3ccccc3)cc2)[C@]2(C)CC[C@]3(C)C(=CC[C@@H]4[C@@]5(C)CC[C@H](O)[C@](C)(CO)[C@@H]5CC[C@]43C)[C@@H]2C1. The first kappa shape index (κ1) is 34.3. The minimum Gasteiger partial charge on any atom is -0.396 e. The van der Waals surface area contributed by atoms with E-state index in [4.69, 9.17) is 4.74 Å². The van der Waals surface area contributed by atoms with Crippen molar-refractivity contribution in [3.8, 4) is 0 Å². The van der Waals surface area contributed by atoms with Crippen LogP contribution in [0.5, 0.6) is 0 Å². The summed E-state index contributed by atoms with van der Waals surface area (Å²) in [5, 5.41) is 25.2. The number of fused-ring (bicyclic) bond motifs is 7. The average molecular weight is 654 g/mol. The fraction of sp³-hybridized carbons (Fsp3) is 0.682. The van der Waals surface area contributed by atoms with Gasteiger partial charge in [-0.05, 0) is 120 Å². The number of aliphatic hydroxyl groups is 2. The number of nitrogens with one attached hydrogen (secondary N) is 1. The third kappa shape index (κ3) is 5.25. The van der Waals surface area contributed by atoms with E-state index in [0.717, 1.165) is 44.3 Å². The van der Waals surface area contributed by atoms with E-state index in [-0.39, 0.29) is 39.8 Å². The molecule has 262 valence electrons. The summed E-state index contributed by atoms with van der Waals surface area (Å²) in [5.41, 5.74) is 5.92. The number of para-hydroxylation sites is 1. The summed E-state index contributed by atoms with van der Waals surface area (Å²) in [6.07, 6.45) is 12.7. The quantitative estimate of drug-likeness (QED) is 0.260.